The number of likely N-dealkylation sites (N-methyl/N-ethyl adjacent to an activating group) is 1. The summed E-state index contributed by atoms with van der Waals surface area (Å²) in [5, 5.41) is 3.00. The van der Waals surface area contributed by atoms with Gasteiger partial charge in [-0.05, 0) is 48.6 Å². The monoisotopic (exact) mass is 512 g/mol. The Labute approximate surface area is 221 Å². The lowest BCUT2D eigenvalue weighted by Gasteiger charge is -2.35. The smallest absolute Gasteiger partial charge is 0.251 e. The van der Waals surface area contributed by atoms with Gasteiger partial charge in [0.2, 0.25) is 5.91 Å². The molecule has 1 aromatic carbocycles. The van der Waals surface area contributed by atoms with E-state index < -0.39 is 12.1 Å². The molecule has 8 heteroatoms. The lowest BCUT2D eigenvalue weighted by molar-refractivity contribution is -0.138. The Morgan fingerprint density at radius 1 is 1.08 bits per heavy atom. The van der Waals surface area contributed by atoms with Crippen LogP contribution in [0.4, 0.5) is 5.69 Å². The Kier molecular flexibility index (Phi) is 8.29. The molecule has 3 aliphatic rings. The van der Waals surface area contributed by atoms with Gasteiger partial charge in [-0.3, -0.25) is 14.4 Å². The minimum Gasteiger partial charge on any atom is -0.369 e. The van der Waals surface area contributed by atoms with Gasteiger partial charge in [0.25, 0.3) is 5.91 Å². The molecule has 3 heterocycles. The Balaban J connectivity index is 1.46. The predicted octanol–water partition coefficient (Wildman–Crippen LogP) is 2.81. The van der Waals surface area contributed by atoms with E-state index >= 15 is 0 Å². The summed E-state index contributed by atoms with van der Waals surface area (Å²) < 4.78 is 5.86. The number of likely N-dealkylation sites (tertiary alicyclic amines) is 1. The van der Waals surface area contributed by atoms with Crippen LogP contribution >= 0.6 is 0 Å². The third kappa shape index (κ3) is 6.01. The lowest BCUT2D eigenvalue weighted by atomic mass is 9.78. The normalized spacial score (nSPS) is 25.5. The molecule has 2 amide bonds. The number of benzene rings is 1. The summed E-state index contributed by atoms with van der Waals surface area (Å²) in [7, 11) is 0. The van der Waals surface area contributed by atoms with E-state index in [-0.39, 0.29) is 47.6 Å². The molecule has 8 nitrogen and oxygen atoms in total. The van der Waals surface area contributed by atoms with Gasteiger partial charge < -0.3 is 24.8 Å². The van der Waals surface area contributed by atoms with E-state index in [0.717, 1.165) is 38.4 Å². The average Bonchev–Trinajstić information content (AvgIpc) is 3.43. The molecule has 1 aromatic rings. The van der Waals surface area contributed by atoms with Crippen molar-refractivity contribution in [1.82, 2.24) is 15.1 Å². The first-order chi connectivity index (χ1) is 17.5. The summed E-state index contributed by atoms with van der Waals surface area (Å²) in [6, 6.07) is 6.40. The van der Waals surface area contributed by atoms with Crippen LogP contribution in [0.15, 0.2) is 24.3 Å². The SMILES string of the molecule is CCN1CCN(c2ccc(C(=O)NC(CC(C)C)C(=O)N3C[C@@H](C(C)(C)C)[C@H]4OCC(=O)[C@H]43)cc2)CC1. The van der Waals surface area contributed by atoms with Gasteiger partial charge in [-0.25, -0.2) is 0 Å². The third-order valence-corrected chi connectivity index (χ3v) is 8.20. The highest BCUT2D eigenvalue weighted by Crippen LogP contribution is 2.41. The minimum absolute atomic E-state index is 0.0462. The topological polar surface area (TPSA) is 82.2 Å². The molecule has 0 radical (unpaired) electrons. The first-order valence-electron chi connectivity index (χ1n) is 13.8. The van der Waals surface area contributed by atoms with E-state index in [1.54, 1.807) is 4.90 Å². The van der Waals surface area contributed by atoms with Gasteiger partial charge in [-0.2, -0.15) is 0 Å². The second-order valence-electron chi connectivity index (χ2n) is 12.3. The number of piperazine rings is 1. The van der Waals surface area contributed by atoms with Crippen LogP contribution in [0.25, 0.3) is 0 Å². The van der Waals surface area contributed by atoms with Crippen LogP contribution in [0.3, 0.4) is 0 Å². The summed E-state index contributed by atoms with van der Waals surface area (Å²) in [5.74, 6) is -0.234. The number of ketones is 1. The van der Waals surface area contributed by atoms with E-state index in [1.165, 1.54) is 0 Å². The molecule has 0 aromatic heterocycles. The number of Topliss-reactive ketones (excluding diaryl/α,β-unsaturated/α-hetero) is 1. The van der Waals surface area contributed by atoms with Gasteiger partial charge in [0, 0.05) is 49.9 Å². The van der Waals surface area contributed by atoms with Crippen molar-refractivity contribution in [3.8, 4) is 0 Å². The first-order valence-corrected chi connectivity index (χ1v) is 13.8. The number of ether oxygens (including phenoxy) is 1. The van der Waals surface area contributed by atoms with Gasteiger partial charge in [-0.15, -0.1) is 0 Å². The summed E-state index contributed by atoms with van der Waals surface area (Å²) in [6.45, 7) is 18.2. The van der Waals surface area contributed by atoms with Crippen LogP contribution in [0.1, 0.15) is 58.3 Å². The van der Waals surface area contributed by atoms with Crippen LogP contribution < -0.4 is 10.2 Å². The molecule has 3 saturated heterocycles. The maximum atomic E-state index is 13.8. The molecule has 3 aliphatic heterocycles. The fraction of sp³-hybridized carbons (Fsp3) is 0.690. The van der Waals surface area contributed by atoms with Crippen LogP contribution in [0.5, 0.6) is 0 Å². The van der Waals surface area contributed by atoms with Gasteiger partial charge in [0.05, 0.1) is 6.10 Å². The molecule has 3 fully saturated rings. The lowest BCUT2D eigenvalue weighted by Crippen LogP contribution is -2.52. The fourth-order valence-electron chi connectivity index (χ4n) is 5.93. The van der Waals surface area contributed by atoms with Crippen molar-refractivity contribution < 1.29 is 19.1 Å². The van der Waals surface area contributed by atoms with E-state index in [2.05, 4.69) is 42.8 Å². The van der Waals surface area contributed by atoms with Gasteiger partial charge >= 0.3 is 0 Å². The molecular formula is C29H44N4O4. The van der Waals surface area contributed by atoms with E-state index in [4.69, 9.17) is 4.74 Å². The highest BCUT2D eigenvalue weighted by molar-refractivity contribution is 5.99. The number of rotatable bonds is 7. The standard InChI is InChI=1S/C29H44N4O4/c1-7-31-12-14-32(15-13-31)21-10-8-20(9-11-21)27(35)30-23(16-19(2)3)28(36)33-17-22(29(4,5)6)26-25(33)24(34)18-37-26/h8-11,19,22-23,25-26H,7,12-18H2,1-6H3,(H,30,35)/t22-,23?,25-,26-/m1/s1. The summed E-state index contributed by atoms with van der Waals surface area (Å²) in [6.07, 6.45) is 0.228. The van der Waals surface area contributed by atoms with Crippen molar-refractivity contribution in [3.05, 3.63) is 29.8 Å². The Morgan fingerprint density at radius 3 is 2.30 bits per heavy atom. The number of hydrogen-bond acceptors (Lipinski definition) is 6. The van der Waals surface area contributed by atoms with Crippen LogP contribution in [-0.4, -0.2) is 91.5 Å². The number of carbonyl (C=O) groups excluding carboxylic acids is 3. The molecule has 4 rings (SSSR count). The zero-order valence-corrected chi connectivity index (χ0v) is 23.3. The molecular weight excluding hydrogens is 468 g/mol. The largest absolute Gasteiger partial charge is 0.369 e. The van der Waals surface area contributed by atoms with Crippen molar-refractivity contribution in [1.29, 1.82) is 0 Å². The molecule has 1 N–H and O–H groups in total. The van der Waals surface area contributed by atoms with Crippen molar-refractivity contribution in [2.75, 3.05) is 50.8 Å². The zero-order chi connectivity index (χ0) is 26.9. The number of nitrogens with one attached hydrogen (secondary N) is 1. The maximum Gasteiger partial charge on any atom is 0.251 e. The minimum atomic E-state index is -0.693. The zero-order valence-electron chi connectivity index (χ0n) is 23.3. The second kappa shape index (κ2) is 11.1. The van der Waals surface area contributed by atoms with Crippen LogP contribution in [-0.2, 0) is 14.3 Å². The number of amides is 2. The Bertz CT molecular complexity index is 979. The summed E-state index contributed by atoms with van der Waals surface area (Å²) >= 11 is 0. The molecule has 0 aliphatic carbocycles. The van der Waals surface area contributed by atoms with E-state index in [1.807, 2.05) is 38.1 Å². The summed E-state index contributed by atoms with van der Waals surface area (Å²) in [4.78, 5) is 46.2. The number of nitrogens with zero attached hydrogens (tertiary/aromatic N) is 3. The van der Waals surface area contributed by atoms with Gasteiger partial charge in [-0.1, -0.05) is 41.5 Å². The van der Waals surface area contributed by atoms with Crippen molar-refractivity contribution in [2.24, 2.45) is 17.3 Å². The van der Waals surface area contributed by atoms with Crippen LogP contribution in [0.2, 0.25) is 0 Å². The first kappa shape index (κ1) is 27.6. The van der Waals surface area contributed by atoms with Gasteiger partial charge in [0.15, 0.2) is 5.78 Å². The second-order valence-corrected chi connectivity index (χ2v) is 12.3. The average molecular weight is 513 g/mol. The number of carbonyl (C=O) groups is 3. The number of anilines is 1. The predicted molar refractivity (Wildman–Crippen MR) is 145 cm³/mol. The Hall–Kier alpha value is -2.45. The summed E-state index contributed by atoms with van der Waals surface area (Å²) in [5.41, 5.74) is 1.53. The molecule has 0 bridgehead atoms. The van der Waals surface area contributed by atoms with Crippen molar-refractivity contribution >= 4 is 23.3 Å². The molecule has 0 spiro atoms. The van der Waals surface area contributed by atoms with Crippen LogP contribution in [0, 0.1) is 17.3 Å². The van der Waals surface area contributed by atoms with E-state index in [0.29, 0.717) is 18.5 Å². The van der Waals surface area contributed by atoms with E-state index in [9.17, 15) is 14.4 Å². The highest BCUT2D eigenvalue weighted by atomic mass is 16.5. The van der Waals surface area contributed by atoms with Gasteiger partial charge in [0.1, 0.15) is 18.7 Å². The third-order valence-electron chi connectivity index (χ3n) is 8.20. The molecule has 4 atom stereocenters. The maximum absolute atomic E-state index is 13.8. The van der Waals surface area contributed by atoms with Crippen molar-refractivity contribution in [2.45, 2.75) is 66.2 Å². The Morgan fingerprint density at radius 2 is 1.73 bits per heavy atom. The molecule has 204 valence electrons. The number of fused-ring (bicyclic) bond motifs is 1. The molecule has 37 heavy (non-hydrogen) atoms. The molecule has 0 saturated carbocycles. The quantitative estimate of drug-likeness (QED) is 0.605. The highest BCUT2D eigenvalue weighted by Gasteiger charge is 2.55. The molecule has 1 unspecified atom stereocenters. The fourth-order valence-corrected chi connectivity index (χ4v) is 5.93. The van der Waals surface area contributed by atoms with Crippen molar-refractivity contribution in [3.63, 3.8) is 0 Å². The number of hydrogen-bond donors (Lipinski definition) is 1.